The van der Waals surface area contributed by atoms with Gasteiger partial charge in [0.05, 0.1) is 18.2 Å². The standard InChI is InChI=1S/C29H29NO4/c1-3-20-10-12-22(13-11-20)26-25(27(31)23-14-16-24(17-15-23)34-4-2)28(32)29(33)30(26)19-18-21-8-6-5-7-9-21/h5-17,26,31H,3-4,18-19H2,1-2H3/b27-25+. The number of carbonyl (C=O) groups excluding carboxylic acids is 2. The van der Waals surface area contributed by atoms with Gasteiger partial charge in [0.15, 0.2) is 0 Å². The van der Waals surface area contributed by atoms with E-state index in [1.54, 1.807) is 29.2 Å². The molecule has 0 bridgehead atoms. The summed E-state index contributed by atoms with van der Waals surface area (Å²) in [6, 6.07) is 24.0. The lowest BCUT2D eigenvalue weighted by molar-refractivity contribution is -0.139. The van der Waals surface area contributed by atoms with E-state index in [-0.39, 0.29) is 11.3 Å². The largest absolute Gasteiger partial charge is 0.507 e. The number of nitrogens with zero attached hydrogens (tertiary/aromatic N) is 1. The number of hydrogen-bond acceptors (Lipinski definition) is 4. The summed E-state index contributed by atoms with van der Waals surface area (Å²) < 4.78 is 5.48. The number of rotatable bonds is 8. The Balaban J connectivity index is 1.75. The Kier molecular flexibility index (Phi) is 7.12. The van der Waals surface area contributed by atoms with E-state index >= 15 is 0 Å². The van der Waals surface area contributed by atoms with E-state index in [0.717, 1.165) is 23.1 Å². The van der Waals surface area contributed by atoms with E-state index in [1.165, 1.54) is 0 Å². The molecule has 1 unspecified atom stereocenters. The molecule has 3 aromatic rings. The highest BCUT2D eigenvalue weighted by molar-refractivity contribution is 6.46. The highest BCUT2D eigenvalue weighted by atomic mass is 16.5. The van der Waals surface area contributed by atoms with Crippen molar-refractivity contribution in [3.8, 4) is 5.75 Å². The van der Waals surface area contributed by atoms with Crippen LogP contribution in [0.3, 0.4) is 0 Å². The highest BCUT2D eigenvalue weighted by Gasteiger charge is 2.45. The number of carbonyl (C=O) groups is 2. The molecule has 1 aliphatic rings. The molecule has 1 heterocycles. The average Bonchev–Trinajstić information content (AvgIpc) is 3.13. The zero-order valence-electron chi connectivity index (χ0n) is 19.5. The molecule has 34 heavy (non-hydrogen) atoms. The number of aryl methyl sites for hydroxylation is 1. The molecule has 1 fully saturated rings. The van der Waals surface area contributed by atoms with E-state index in [0.29, 0.717) is 30.9 Å². The number of Topliss-reactive ketones (excluding diaryl/α,β-unsaturated/α-hetero) is 1. The van der Waals surface area contributed by atoms with E-state index in [1.807, 2.05) is 61.5 Å². The van der Waals surface area contributed by atoms with Gasteiger partial charge < -0.3 is 14.7 Å². The minimum absolute atomic E-state index is 0.117. The Morgan fingerprint density at radius 3 is 2.18 bits per heavy atom. The van der Waals surface area contributed by atoms with Crippen molar-refractivity contribution in [3.63, 3.8) is 0 Å². The Morgan fingerprint density at radius 2 is 1.56 bits per heavy atom. The molecule has 1 amide bonds. The summed E-state index contributed by atoms with van der Waals surface area (Å²) in [5, 5.41) is 11.2. The second-order valence-electron chi connectivity index (χ2n) is 8.28. The number of ketones is 1. The number of amides is 1. The third kappa shape index (κ3) is 4.74. The SMILES string of the molecule is CCOc1ccc(/C(O)=C2\C(=O)C(=O)N(CCc3ccccc3)C2c2ccc(CC)cc2)cc1. The lowest BCUT2D eigenvalue weighted by atomic mass is 9.94. The average molecular weight is 456 g/mol. The van der Waals surface area contributed by atoms with Crippen LogP contribution >= 0.6 is 0 Å². The molecule has 4 rings (SSSR count). The highest BCUT2D eigenvalue weighted by Crippen LogP contribution is 2.39. The molecule has 174 valence electrons. The van der Waals surface area contributed by atoms with Crippen LogP contribution < -0.4 is 4.74 Å². The van der Waals surface area contributed by atoms with Gasteiger partial charge in [0, 0.05) is 12.1 Å². The molecule has 0 radical (unpaired) electrons. The lowest BCUT2D eigenvalue weighted by Crippen LogP contribution is -2.31. The second-order valence-corrected chi connectivity index (χ2v) is 8.28. The summed E-state index contributed by atoms with van der Waals surface area (Å²) in [4.78, 5) is 27.9. The molecule has 3 aromatic carbocycles. The Bertz CT molecular complexity index is 1180. The van der Waals surface area contributed by atoms with Crippen molar-refractivity contribution >= 4 is 17.4 Å². The first-order valence-electron chi connectivity index (χ1n) is 11.7. The van der Waals surface area contributed by atoms with Crippen molar-refractivity contribution in [1.29, 1.82) is 0 Å². The van der Waals surface area contributed by atoms with E-state index < -0.39 is 17.7 Å². The maximum atomic E-state index is 13.2. The predicted octanol–water partition coefficient (Wildman–Crippen LogP) is 5.31. The van der Waals surface area contributed by atoms with Gasteiger partial charge in [-0.05, 0) is 60.7 Å². The van der Waals surface area contributed by atoms with Gasteiger partial charge in [0.25, 0.3) is 11.7 Å². The molecule has 0 spiro atoms. The summed E-state index contributed by atoms with van der Waals surface area (Å²) in [6.07, 6.45) is 1.50. The van der Waals surface area contributed by atoms with E-state index in [2.05, 4.69) is 6.92 Å². The third-order valence-electron chi connectivity index (χ3n) is 6.17. The fourth-order valence-corrected chi connectivity index (χ4v) is 4.32. The van der Waals surface area contributed by atoms with Crippen LogP contribution in [0.2, 0.25) is 0 Å². The number of benzene rings is 3. The molecular formula is C29H29NO4. The van der Waals surface area contributed by atoms with Crippen molar-refractivity contribution in [1.82, 2.24) is 4.90 Å². The number of aliphatic hydroxyl groups excluding tert-OH is 1. The number of aliphatic hydroxyl groups is 1. The summed E-state index contributed by atoms with van der Waals surface area (Å²) >= 11 is 0. The van der Waals surface area contributed by atoms with Crippen LogP contribution in [0.15, 0.2) is 84.4 Å². The van der Waals surface area contributed by atoms with Gasteiger partial charge in [0.1, 0.15) is 11.5 Å². The van der Waals surface area contributed by atoms with Crippen molar-refractivity contribution in [2.24, 2.45) is 0 Å². The smallest absolute Gasteiger partial charge is 0.295 e. The molecule has 0 aromatic heterocycles. The molecule has 1 N–H and O–H groups in total. The van der Waals surface area contributed by atoms with Gasteiger partial charge in [-0.2, -0.15) is 0 Å². The minimum Gasteiger partial charge on any atom is -0.507 e. The van der Waals surface area contributed by atoms with Crippen molar-refractivity contribution in [2.75, 3.05) is 13.2 Å². The normalized spacial score (nSPS) is 17.2. The van der Waals surface area contributed by atoms with E-state index in [9.17, 15) is 14.7 Å². The molecule has 0 saturated carbocycles. The predicted molar refractivity (Wildman–Crippen MR) is 133 cm³/mol. The summed E-state index contributed by atoms with van der Waals surface area (Å²) in [7, 11) is 0. The zero-order valence-corrected chi connectivity index (χ0v) is 19.5. The molecule has 1 aliphatic heterocycles. The van der Waals surface area contributed by atoms with Gasteiger partial charge in [-0.25, -0.2) is 0 Å². The summed E-state index contributed by atoms with van der Waals surface area (Å²) in [6.45, 7) is 4.88. The lowest BCUT2D eigenvalue weighted by Gasteiger charge is -2.25. The van der Waals surface area contributed by atoms with E-state index in [4.69, 9.17) is 4.74 Å². The summed E-state index contributed by atoms with van der Waals surface area (Å²) in [5.41, 5.74) is 3.63. The molecule has 5 nitrogen and oxygen atoms in total. The zero-order chi connectivity index (χ0) is 24.1. The van der Waals surface area contributed by atoms with Crippen LogP contribution in [-0.2, 0) is 22.4 Å². The van der Waals surface area contributed by atoms with Crippen LogP contribution in [-0.4, -0.2) is 34.8 Å². The fourth-order valence-electron chi connectivity index (χ4n) is 4.32. The second kappa shape index (κ2) is 10.4. The number of hydrogen-bond donors (Lipinski definition) is 1. The topological polar surface area (TPSA) is 66.8 Å². The van der Waals surface area contributed by atoms with Gasteiger partial charge in [-0.15, -0.1) is 0 Å². The first-order chi connectivity index (χ1) is 16.5. The molecule has 1 atom stereocenters. The molecule has 0 aliphatic carbocycles. The quantitative estimate of drug-likeness (QED) is 0.284. The maximum absolute atomic E-state index is 13.2. The van der Waals surface area contributed by atoms with Crippen molar-refractivity contribution < 1.29 is 19.4 Å². The maximum Gasteiger partial charge on any atom is 0.295 e. The first kappa shape index (κ1) is 23.3. The number of likely N-dealkylation sites (tertiary alicyclic amines) is 1. The minimum atomic E-state index is -0.663. The van der Waals surface area contributed by atoms with Gasteiger partial charge in [0.2, 0.25) is 0 Å². The fraction of sp³-hybridized carbons (Fsp3) is 0.241. The monoisotopic (exact) mass is 455 g/mol. The van der Waals surface area contributed by atoms with Crippen LogP contribution in [0, 0.1) is 0 Å². The van der Waals surface area contributed by atoms with Crippen LogP contribution in [0.4, 0.5) is 0 Å². The summed E-state index contributed by atoms with van der Waals surface area (Å²) in [5.74, 6) is -0.751. The Morgan fingerprint density at radius 1 is 0.882 bits per heavy atom. The van der Waals surface area contributed by atoms with Crippen LogP contribution in [0.1, 0.15) is 42.1 Å². The van der Waals surface area contributed by atoms with Gasteiger partial charge in [-0.1, -0.05) is 61.5 Å². The number of ether oxygens (including phenoxy) is 1. The Hall–Kier alpha value is -3.86. The Labute approximate surface area is 200 Å². The third-order valence-corrected chi connectivity index (χ3v) is 6.17. The van der Waals surface area contributed by atoms with Crippen molar-refractivity contribution in [3.05, 3.63) is 107 Å². The first-order valence-corrected chi connectivity index (χ1v) is 11.7. The molecule has 1 saturated heterocycles. The molecule has 5 heteroatoms. The molecular weight excluding hydrogens is 426 g/mol. The van der Waals surface area contributed by atoms with Crippen LogP contribution in [0.25, 0.3) is 5.76 Å². The van der Waals surface area contributed by atoms with Crippen molar-refractivity contribution in [2.45, 2.75) is 32.7 Å². The van der Waals surface area contributed by atoms with Gasteiger partial charge in [-0.3, -0.25) is 9.59 Å². The van der Waals surface area contributed by atoms with Gasteiger partial charge >= 0.3 is 0 Å². The van der Waals surface area contributed by atoms with Crippen LogP contribution in [0.5, 0.6) is 5.75 Å².